The lowest BCUT2D eigenvalue weighted by atomic mass is 10.0. The summed E-state index contributed by atoms with van der Waals surface area (Å²) in [6.45, 7) is 1.52. The maximum atomic E-state index is 4.80. The van der Waals surface area contributed by atoms with E-state index >= 15 is 0 Å². The summed E-state index contributed by atoms with van der Waals surface area (Å²) in [5, 5.41) is 4.29. The number of hydrogen-bond donors (Lipinski definition) is 0. The zero-order chi connectivity index (χ0) is 23.6. The predicted molar refractivity (Wildman–Crippen MR) is 135 cm³/mol. The molecule has 0 radical (unpaired) electrons. The molecule has 1 aliphatic heterocycles. The average molecular weight is 459 g/mol. The zero-order valence-corrected chi connectivity index (χ0v) is 19.2. The Morgan fingerprint density at radius 2 is 1.66 bits per heavy atom. The fourth-order valence-corrected chi connectivity index (χ4v) is 4.16. The van der Waals surface area contributed by atoms with E-state index in [2.05, 4.69) is 48.1 Å². The Hall–Kier alpha value is -4.72. The summed E-state index contributed by atoms with van der Waals surface area (Å²) in [5.74, 6) is 1.24. The van der Waals surface area contributed by atoms with Crippen molar-refractivity contribution < 1.29 is 0 Å². The molecule has 5 aromatic rings. The summed E-state index contributed by atoms with van der Waals surface area (Å²) in [5.41, 5.74) is 7.40. The van der Waals surface area contributed by atoms with E-state index in [4.69, 9.17) is 4.98 Å². The van der Waals surface area contributed by atoms with Crippen molar-refractivity contribution >= 4 is 18.1 Å². The molecule has 1 aliphatic rings. The normalized spacial score (nSPS) is 12.9. The number of rotatable bonds is 5. The van der Waals surface area contributed by atoms with Gasteiger partial charge in [-0.2, -0.15) is 5.10 Å². The van der Waals surface area contributed by atoms with Crippen molar-refractivity contribution in [1.82, 2.24) is 34.7 Å². The van der Waals surface area contributed by atoms with Crippen molar-refractivity contribution in [2.45, 2.75) is 13.1 Å². The first-order valence-corrected chi connectivity index (χ1v) is 11.3. The van der Waals surface area contributed by atoms with Crippen LogP contribution in [0.3, 0.4) is 0 Å². The Morgan fingerprint density at radius 3 is 2.51 bits per heavy atom. The molecule has 0 bridgehead atoms. The predicted octanol–water partition coefficient (Wildman–Crippen LogP) is 4.42. The van der Waals surface area contributed by atoms with Gasteiger partial charge < -0.3 is 4.90 Å². The van der Waals surface area contributed by atoms with Crippen LogP contribution < -0.4 is 4.90 Å². The van der Waals surface area contributed by atoms with Crippen LogP contribution in [0.5, 0.6) is 0 Å². The van der Waals surface area contributed by atoms with E-state index in [9.17, 15) is 0 Å². The van der Waals surface area contributed by atoms with Crippen molar-refractivity contribution in [3.63, 3.8) is 0 Å². The highest BCUT2D eigenvalue weighted by Gasteiger charge is 2.22. The second-order valence-corrected chi connectivity index (χ2v) is 8.40. The van der Waals surface area contributed by atoms with Crippen LogP contribution in [0.1, 0.15) is 22.4 Å². The minimum Gasteiger partial charge on any atom is -0.332 e. The van der Waals surface area contributed by atoms with Gasteiger partial charge in [-0.15, -0.1) is 0 Å². The first-order valence-electron chi connectivity index (χ1n) is 11.3. The van der Waals surface area contributed by atoms with Gasteiger partial charge in [-0.25, -0.2) is 19.9 Å². The maximum absolute atomic E-state index is 4.80. The Labute approximate surface area is 202 Å². The van der Waals surface area contributed by atoms with Gasteiger partial charge in [0.2, 0.25) is 5.95 Å². The number of fused-ring (bicyclic) bond motifs is 1. The number of nitrogens with zero attached hydrogens (tertiary/aromatic N) is 8. The maximum Gasteiger partial charge on any atom is 0.226 e. The molecule has 35 heavy (non-hydrogen) atoms. The summed E-state index contributed by atoms with van der Waals surface area (Å²) < 4.78 is 1.82. The van der Waals surface area contributed by atoms with Gasteiger partial charge in [-0.05, 0) is 58.7 Å². The van der Waals surface area contributed by atoms with Crippen LogP contribution in [-0.2, 0) is 20.1 Å². The van der Waals surface area contributed by atoms with E-state index in [1.54, 1.807) is 24.8 Å². The molecule has 8 nitrogen and oxygen atoms in total. The van der Waals surface area contributed by atoms with Crippen molar-refractivity contribution in [3.05, 3.63) is 102 Å². The molecule has 5 heterocycles. The highest BCUT2D eigenvalue weighted by atomic mass is 15.3. The molecule has 0 saturated heterocycles. The SMILES string of the molecule is Cn1cc(-c2ccc3c(c2)CN(c2nccc(-c4nccc(/C=C/c5ccncc5)n4)n2)C3)cn1. The van der Waals surface area contributed by atoms with Gasteiger partial charge >= 0.3 is 0 Å². The zero-order valence-electron chi connectivity index (χ0n) is 19.2. The molecule has 0 N–H and O–H groups in total. The van der Waals surface area contributed by atoms with Gasteiger partial charge in [0.15, 0.2) is 5.82 Å². The van der Waals surface area contributed by atoms with Crippen LogP contribution in [0.25, 0.3) is 34.8 Å². The van der Waals surface area contributed by atoms with E-state index in [-0.39, 0.29) is 0 Å². The molecule has 0 fully saturated rings. The van der Waals surface area contributed by atoms with E-state index in [0.29, 0.717) is 17.5 Å². The quantitative estimate of drug-likeness (QED) is 0.385. The highest BCUT2D eigenvalue weighted by Crippen LogP contribution is 2.30. The molecule has 170 valence electrons. The van der Waals surface area contributed by atoms with Crippen molar-refractivity contribution in [3.8, 4) is 22.6 Å². The number of benzene rings is 1. The topological polar surface area (TPSA) is 85.5 Å². The lowest BCUT2D eigenvalue weighted by Crippen LogP contribution is -2.17. The number of aryl methyl sites for hydroxylation is 1. The van der Waals surface area contributed by atoms with Gasteiger partial charge in [-0.3, -0.25) is 9.67 Å². The third-order valence-corrected chi connectivity index (χ3v) is 5.95. The molecule has 0 spiro atoms. The molecule has 4 aromatic heterocycles. The number of hydrogen-bond acceptors (Lipinski definition) is 7. The summed E-state index contributed by atoms with van der Waals surface area (Å²) >= 11 is 0. The monoisotopic (exact) mass is 458 g/mol. The molecule has 0 amide bonds. The molecular weight excluding hydrogens is 436 g/mol. The standard InChI is InChI=1S/C27H22N8/c1-34-16-23(15-31-34)20-3-4-21-17-35(18-22(21)14-20)27-30-13-9-25(33-27)26-29-12-8-24(32-26)5-2-19-6-10-28-11-7-19/h2-16H,17-18H2,1H3/b5-2+. The summed E-state index contributed by atoms with van der Waals surface area (Å²) in [4.78, 5) is 24.7. The van der Waals surface area contributed by atoms with E-state index in [0.717, 1.165) is 29.9 Å². The lowest BCUT2D eigenvalue weighted by Gasteiger charge is -2.15. The largest absolute Gasteiger partial charge is 0.332 e. The van der Waals surface area contributed by atoms with Crippen LogP contribution in [0, 0.1) is 0 Å². The van der Waals surface area contributed by atoms with E-state index in [1.807, 2.05) is 60.5 Å². The Bertz CT molecular complexity index is 1520. The van der Waals surface area contributed by atoms with Crippen molar-refractivity contribution in [2.75, 3.05) is 4.90 Å². The Balaban J connectivity index is 1.23. The van der Waals surface area contributed by atoms with E-state index in [1.165, 1.54) is 16.7 Å². The fourth-order valence-electron chi connectivity index (χ4n) is 4.16. The third kappa shape index (κ3) is 4.41. The second-order valence-electron chi connectivity index (χ2n) is 8.40. The molecule has 1 aromatic carbocycles. The number of pyridine rings is 1. The van der Waals surface area contributed by atoms with Crippen LogP contribution in [0.4, 0.5) is 5.95 Å². The van der Waals surface area contributed by atoms with Gasteiger partial charge in [0, 0.05) is 56.7 Å². The van der Waals surface area contributed by atoms with Gasteiger partial charge in [0.05, 0.1) is 11.9 Å². The fraction of sp³-hybridized carbons (Fsp3) is 0.111. The van der Waals surface area contributed by atoms with Gasteiger partial charge in [0.1, 0.15) is 5.69 Å². The summed E-state index contributed by atoms with van der Waals surface area (Å²) in [6, 6.07) is 14.2. The summed E-state index contributed by atoms with van der Waals surface area (Å²) in [7, 11) is 1.93. The smallest absolute Gasteiger partial charge is 0.226 e. The van der Waals surface area contributed by atoms with Crippen LogP contribution in [-0.4, -0.2) is 34.7 Å². The minimum atomic E-state index is 0.570. The van der Waals surface area contributed by atoms with Crippen LogP contribution >= 0.6 is 0 Å². The molecule has 0 unspecified atom stereocenters. The highest BCUT2D eigenvalue weighted by molar-refractivity contribution is 5.68. The third-order valence-electron chi connectivity index (χ3n) is 5.95. The first kappa shape index (κ1) is 20.9. The second kappa shape index (κ2) is 8.90. The Morgan fingerprint density at radius 1 is 0.800 bits per heavy atom. The van der Waals surface area contributed by atoms with Crippen LogP contribution in [0.15, 0.2) is 79.6 Å². The molecule has 0 saturated carbocycles. The first-order chi connectivity index (χ1) is 17.2. The summed E-state index contributed by atoms with van der Waals surface area (Å²) in [6.07, 6.45) is 14.9. The number of anilines is 1. The molecule has 0 atom stereocenters. The van der Waals surface area contributed by atoms with Crippen molar-refractivity contribution in [2.24, 2.45) is 7.05 Å². The molecule has 0 aliphatic carbocycles. The minimum absolute atomic E-state index is 0.570. The Kier molecular flexibility index (Phi) is 5.31. The molecule has 8 heteroatoms. The van der Waals surface area contributed by atoms with Crippen LogP contribution in [0.2, 0.25) is 0 Å². The molecule has 6 rings (SSSR count). The van der Waals surface area contributed by atoms with E-state index < -0.39 is 0 Å². The van der Waals surface area contributed by atoms with Gasteiger partial charge in [0.25, 0.3) is 0 Å². The number of aromatic nitrogens is 7. The van der Waals surface area contributed by atoms with Gasteiger partial charge in [-0.1, -0.05) is 18.2 Å². The lowest BCUT2D eigenvalue weighted by molar-refractivity contribution is 0.768. The molecular formula is C27H22N8. The van der Waals surface area contributed by atoms with Crippen molar-refractivity contribution in [1.29, 1.82) is 0 Å². The average Bonchev–Trinajstić information content (AvgIpc) is 3.54.